The van der Waals surface area contributed by atoms with Gasteiger partial charge in [0.25, 0.3) is 5.91 Å². The first-order chi connectivity index (χ1) is 9.02. The third-order valence-electron chi connectivity index (χ3n) is 3.47. The van der Waals surface area contributed by atoms with Gasteiger partial charge >= 0.3 is 0 Å². The molecule has 3 nitrogen and oxygen atoms in total. The van der Waals surface area contributed by atoms with Crippen molar-refractivity contribution in [3.05, 3.63) is 34.6 Å². The number of rotatable bonds is 2. The first-order valence-electron chi connectivity index (χ1n) is 6.30. The van der Waals surface area contributed by atoms with E-state index in [9.17, 15) is 14.0 Å². The van der Waals surface area contributed by atoms with Gasteiger partial charge in [0.15, 0.2) is 0 Å². The molecule has 0 N–H and O–H groups in total. The SMILES string of the molecule is CCC1CN(C(=O)c2ccc(Cl)cc2F)CCC1=O. The van der Waals surface area contributed by atoms with Crippen LogP contribution < -0.4 is 0 Å². The minimum absolute atomic E-state index is 0.00796. The molecule has 19 heavy (non-hydrogen) atoms. The lowest BCUT2D eigenvalue weighted by Crippen LogP contribution is -2.44. The highest BCUT2D eigenvalue weighted by Crippen LogP contribution is 2.21. The molecule has 1 saturated heterocycles. The minimum Gasteiger partial charge on any atom is -0.337 e. The first-order valence-corrected chi connectivity index (χ1v) is 6.67. The fourth-order valence-electron chi connectivity index (χ4n) is 2.28. The highest BCUT2D eigenvalue weighted by Gasteiger charge is 2.29. The van der Waals surface area contributed by atoms with E-state index in [1.54, 1.807) is 4.90 Å². The number of halogens is 2. The van der Waals surface area contributed by atoms with Crippen molar-refractivity contribution in [1.82, 2.24) is 4.90 Å². The molecule has 5 heteroatoms. The molecular formula is C14H15ClFNO2. The summed E-state index contributed by atoms with van der Waals surface area (Å²) in [6.07, 6.45) is 1.05. The molecule has 102 valence electrons. The molecular weight excluding hydrogens is 269 g/mol. The van der Waals surface area contributed by atoms with Crippen LogP contribution in [0.3, 0.4) is 0 Å². The van der Waals surface area contributed by atoms with Gasteiger partial charge in [-0.05, 0) is 24.6 Å². The lowest BCUT2D eigenvalue weighted by atomic mass is 9.93. The third kappa shape index (κ3) is 2.95. The molecule has 0 radical (unpaired) electrons. The molecule has 1 aliphatic heterocycles. The quantitative estimate of drug-likeness (QED) is 0.837. The summed E-state index contributed by atoms with van der Waals surface area (Å²) in [5.74, 6) is -0.946. The van der Waals surface area contributed by atoms with Gasteiger partial charge in [-0.3, -0.25) is 9.59 Å². The maximum Gasteiger partial charge on any atom is 0.256 e. The Hall–Kier alpha value is -1.42. The molecule has 0 aliphatic carbocycles. The smallest absolute Gasteiger partial charge is 0.256 e. The van der Waals surface area contributed by atoms with E-state index < -0.39 is 5.82 Å². The third-order valence-corrected chi connectivity index (χ3v) is 3.70. The van der Waals surface area contributed by atoms with Gasteiger partial charge in [0, 0.05) is 30.5 Å². The zero-order valence-electron chi connectivity index (χ0n) is 10.7. The average Bonchev–Trinajstić information content (AvgIpc) is 2.38. The zero-order valence-corrected chi connectivity index (χ0v) is 11.4. The molecule has 1 fully saturated rings. The Morgan fingerprint density at radius 1 is 1.53 bits per heavy atom. The van der Waals surface area contributed by atoms with Gasteiger partial charge in [-0.25, -0.2) is 4.39 Å². The zero-order chi connectivity index (χ0) is 14.0. The Bertz CT molecular complexity index is 518. The van der Waals surface area contributed by atoms with E-state index in [0.29, 0.717) is 25.9 Å². The van der Waals surface area contributed by atoms with Crippen molar-refractivity contribution in [3.8, 4) is 0 Å². The normalized spacial score (nSPS) is 19.6. The fraction of sp³-hybridized carbons (Fsp3) is 0.429. The predicted molar refractivity (Wildman–Crippen MR) is 70.7 cm³/mol. The number of piperidine rings is 1. The molecule has 1 atom stereocenters. The first kappa shape index (κ1) is 14.0. The average molecular weight is 284 g/mol. The largest absolute Gasteiger partial charge is 0.337 e. The van der Waals surface area contributed by atoms with E-state index >= 15 is 0 Å². The lowest BCUT2D eigenvalue weighted by molar-refractivity contribution is -0.125. The van der Waals surface area contributed by atoms with Gasteiger partial charge in [-0.1, -0.05) is 18.5 Å². The van der Waals surface area contributed by atoms with E-state index in [-0.39, 0.29) is 28.2 Å². The van der Waals surface area contributed by atoms with Gasteiger partial charge < -0.3 is 4.90 Å². The monoisotopic (exact) mass is 283 g/mol. The van der Waals surface area contributed by atoms with Crippen molar-refractivity contribution >= 4 is 23.3 Å². The van der Waals surface area contributed by atoms with Crippen molar-refractivity contribution in [1.29, 1.82) is 0 Å². The molecule has 1 heterocycles. The molecule has 1 aromatic rings. The van der Waals surface area contributed by atoms with Crippen LogP contribution in [0.2, 0.25) is 5.02 Å². The summed E-state index contributed by atoms with van der Waals surface area (Å²) in [6.45, 7) is 2.64. The molecule has 0 bridgehead atoms. The van der Waals surface area contributed by atoms with E-state index in [0.717, 1.165) is 6.07 Å². The Morgan fingerprint density at radius 3 is 2.89 bits per heavy atom. The Morgan fingerprint density at radius 2 is 2.26 bits per heavy atom. The van der Waals surface area contributed by atoms with Crippen LogP contribution in [0.4, 0.5) is 4.39 Å². The van der Waals surface area contributed by atoms with Gasteiger partial charge in [0.2, 0.25) is 0 Å². The van der Waals surface area contributed by atoms with Crippen LogP contribution in [-0.4, -0.2) is 29.7 Å². The van der Waals surface area contributed by atoms with Gasteiger partial charge in [0.1, 0.15) is 11.6 Å². The van der Waals surface area contributed by atoms with Gasteiger partial charge in [-0.2, -0.15) is 0 Å². The van der Waals surface area contributed by atoms with Crippen LogP contribution in [0.5, 0.6) is 0 Å². The summed E-state index contributed by atoms with van der Waals surface area (Å²) < 4.78 is 13.7. The second-order valence-corrected chi connectivity index (χ2v) is 5.13. The number of carbonyl (C=O) groups is 2. The summed E-state index contributed by atoms with van der Waals surface area (Å²) >= 11 is 5.66. The van der Waals surface area contributed by atoms with E-state index in [4.69, 9.17) is 11.6 Å². The molecule has 0 saturated carbocycles. The van der Waals surface area contributed by atoms with E-state index in [1.807, 2.05) is 6.92 Å². The number of benzene rings is 1. The number of likely N-dealkylation sites (tertiary alicyclic amines) is 1. The van der Waals surface area contributed by atoms with Crippen LogP contribution in [-0.2, 0) is 4.79 Å². The number of hydrogen-bond donors (Lipinski definition) is 0. The van der Waals surface area contributed by atoms with Gasteiger partial charge in [0.05, 0.1) is 5.56 Å². The van der Waals surface area contributed by atoms with Crippen LogP contribution in [0.25, 0.3) is 0 Å². The molecule has 0 spiro atoms. The van der Waals surface area contributed by atoms with Crippen LogP contribution >= 0.6 is 11.6 Å². The molecule has 1 unspecified atom stereocenters. The second-order valence-electron chi connectivity index (χ2n) is 4.70. The number of carbonyl (C=O) groups excluding carboxylic acids is 2. The van der Waals surface area contributed by atoms with Crippen LogP contribution in [0, 0.1) is 11.7 Å². The highest BCUT2D eigenvalue weighted by molar-refractivity contribution is 6.30. The summed E-state index contributed by atoms with van der Waals surface area (Å²) in [6, 6.07) is 4.00. The van der Waals surface area contributed by atoms with Crippen molar-refractivity contribution < 1.29 is 14.0 Å². The Balaban J connectivity index is 2.18. The summed E-state index contributed by atoms with van der Waals surface area (Å²) in [7, 11) is 0. The van der Waals surface area contributed by atoms with Gasteiger partial charge in [-0.15, -0.1) is 0 Å². The highest BCUT2D eigenvalue weighted by atomic mass is 35.5. The number of hydrogen-bond acceptors (Lipinski definition) is 2. The Labute approximate surface area is 116 Å². The summed E-state index contributed by atoms with van der Waals surface area (Å²) in [5.41, 5.74) is 0.00796. The number of ketones is 1. The molecule has 1 amide bonds. The number of Topliss-reactive ketones (excluding diaryl/α,β-unsaturated/α-hetero) is 1. The van der Waals surface area contributed by atoms with Crippen molar-refractivity contribution in [2.75, 3.05) is 13.1 Å². The predicted octanol–water partition coefficient (Wildman–Crippen LogP) is 2.92. The van der Waals surface area contributed by atoms with E-state index in [2.05, 4.69) is 0 Å². The molecule has 2 rings (SSSR count). The maximum absolute atomic E-state index is 13.7. The standard InChI is InChI=1S/C14H15ClFNO2/c1-2-9-8-17(6-5-13(9)18)14(19)11-4-3-10(15)7-12(11)16/h3-4,7,9H,2,5-6,8H2,1H3. The van der Waals surface area contributed by atoms with Crippen molar-refractivity contribution in [3.63, 3.8) is 0 Å². The topological polar surface area (TPSA) is 37.4 Å². The fourth-order valence-corrected chi connectivity index (χ4v) is 2.44. The molecule has 1 aliphatic rings. The van der Waals surface area contributed by atoms with Crippen LogP contribution in [0.15, 0.2) is 18.2 Å². The summed E-state index contributed by atoms with van der Waals surface area (Å²) in [5, 5.41) is 0.259. The van der Waals surface area contributed by atoms with Crippen molar-refractivity contribution in [2.45, 2.75) is 19.8 Å². The molecule has 0 aromatic heterocycles. The maximum atomic E-state index is 13.7. The number of amides is 1. The van der Waals surface area contributed by atoms with Crippen LogP contribution in [0.1, 0.15) is 30.1 Å². The minimum atomic E-state index is -0.623. The van der Waals surface area contributed by atoms with Crippen molar-refractivity contribution in [2.24, 2.45) is 5.92 Å². The number of nitrogens with zero attached hydrogens (tertiary/aromatic N) is 1. The lowest BCUT2D eigenvalue weighted by Gasteiger charge is -2.31. The Kier molecular flexibility index (Phi) is 4.20. The molecule has 1 aromatic carbocycles. The summed E-state index contributed by atoms with van der Waals surface area (Å²) in [4.78, 5) is 25.4. The second kappa shape index (κ2) is 5.70. The van der Waals surface area contributed by atoms with E-state index in [1.165, 1.54) is 12.1 Å².